The maximum absolute atomic E-state index is 10.3. The normalized spacial score (nSPS) is 23.7. The molecular formula is C16H17ClO. The zero-order chi connectivity index (χ0) is 12.7. The highest BCUT2D eigenvalue weighted by molar-refractivity contribution is 6.35. The molecule has 0 amide bonds. The Bertz CT molecular complexity index is 591. The van der Waals surface area contributed by atoms with Gasteiger partial charge in [0.25, 0.3) is 0 Å². The van der Waals surface area contributed by atoms with Gasteiger partial charge < -0.3 is 5.11 Å². The van der Waals surface area contributed by atoms with Gasteiger partial charge in [-0.15, -0.1) is 0 Å². The van der Waals surface area contributed by atoms with Gasteiger partial charge in [0.1, 0.15) is 0 Å². The van der Waals surface area contributed by atoms with Gasteiger partial charge in [0, 0.05) is 10.4 Å². The molecule has 18 heavy (non-hydrogen) atoms. The van der Waals surface area contributed by atoms with Crippen LogP contribution in [0.15, 0.2) is 30.3 Å². The molecule has 0 radical (unpaired) electrons. The molecule has 1 aliphatic carbocycles. The van der Waals surface area contributed by atoms with Gasteiger partial charge in [0.05, 0.1) is 6.10 Å². The molecule has 0 aliphatic heterocycles. The van der Waals surface area contributed by atoms with E-state index >= 15 is 0 Å². The lowest BCUT2D eigenvalue weighted by molar-refractivity contribution is 0.150. The quantitative estimate of drug-likeness (QED) is 0.692. The number of halogens is 1. The highest BCUT2D eigenvalue weighted by Crippen LogP contribution is 2.38. The summed E-state index contributed by atoms with van der Waals surface area (Å²) in [4.78, 5) is 0. The van der Waals surface area contributed by atoms with Crippen LogP contribution in [0.2, 0.25) is 5.02 Å². The van der Waals surface area contributed by atoms with Crippen LogP contribution in [0.4, 0.5) is 0 Å². The van der Waals surface area contributed by atoms with Crippen LogP contribution in [0.5, 0.6) is 0 Å². The van der Waals surface area contributed by atoms with Gasteiger partial charge in [-0.25, -0.2) is 0 Å². The molecule has 94 valence electrons. The molecule has 1 N–H and O–H groups in total. The van der Waals surface area contributed by atoms with E-state index < -0.39 is 0 Å². The zero-order valence-corrected chi connectivity index (χ0v) is 11.2. The van der Waals surface area contributed by atoms with Crippen molar-refractivity contribution in [1.29, 1.82) is 0 Å². The predicted octanol–water partition coefficient (Wildman–Crippen LogP) is 4.50. The average molecular weight is 261 g/mol. The first kappa shape index (κ1) is 12.0. The maximum Gasteiger partial charge on any atom is 0.0796 e. The summed E-state index contributed by atoms with van der Waals surface area (Å²) in [7, 11) is 0. The largest absolute Gasteiger partial charge is 0.388 e. The van der Waals surface area contributed by atoms with Crippen LogP contribution < -0.4 is 0 Å². The monoisotopic (exact) mass is 260 g/mol. The van der Waals surface area contributed by atoms with Crippen LogP contribution in [0.1, 0.15) is 37.0 Å². The molecule has 0 fully saturated rings. The smallest absolute Gasteiger partial charge is 0.0796 e. The fraction of sp³-hybridized carbons (Fsp3) is 0.375. The van der Waals surface area contributed by atoms with E-state index in [-0.39, 0.29) is 6.10 Å². The number of rotatable bonds is 0. The molecule has 1 aliphatic rings. The molecule has 0 spiro atoms. The lowest BCUT2D eigenvalue weighted by Gasteiger charge is -2.16. The zero-order valence-electron chi connectivity index (χ0n) is 10.5. The molecular weight excluding hydrogens is 244 g/mol. The summed E-state index contributed by atoms with van der Waals surface area (Å²) in [5.41, 5.74) is 2.31. The van der Waals surface area contributed by atoms with Crippen molar-refractivity contribution in [1.82, 2.24) is 0 Å². The lowest BCUT2D eigenvalue weighted by Crippen LogP contribution is -2.02. The first-order chi connectivity index (χ1) is 8.66. The van der Waals surface area contributed by atoms with Crippen LogP contribution in [0, 0.1) is 5.92 Å². The minimum absolute atomic E-state index is 0.375. The van der Waals surface area contributed by atoms with Crippen molar-refractivity contribution in [3.05, 3.63) is 46.5 Å². The summed E-state index contributed by atoms with van der Waals surface area (Å²) in [6.07, 6.45) is 2.63. The maximum atomic E-state index is 10.3. The Kier molecular flexibility index (Phi) is 3.04. The molecule has 0 saturated heterocycles. The van der Waals surface area contributed by atoms with E-state index in [9.17, 15) is 5.11 Å². The third kappa shape index (κ3) is 1.92. The number of aryl methyl sites for hydroxylation is 1. The summed E-state index contributed by atoms with van der Waals surface area (Å²) in [5, 5.41) is 13.4. The second kappa shape index (κ2) is 4.56. The first-order valence-corrected chi connectivity index (χ1v) is 6.92. The van der Waals surface area contributed by atoms with Crippen molar-refractivity contribution in [2.24, 2.45) is 5.92 Å². The van der Waals surface area contributed by atoms with Gasteiger partial charge in [-0.05, 0) is 47.8 Å². The third-order valence-corrected chi connectivity index (χ3v) is 4.32. The van der Waals surface area contributed by atoms with Crippen LogP contribution in [0.3, 0.4) is 0 Å². The van der Waals surface area contributed by atoms with E-state index in [0.717, 1.165) is 35.2 Å². The highest BCUT2D eigenvalue weighted by atomic mass is 35.5. The third-order valence-electron chi connectivity index (χ3n) is 4.01. The molecule has 3 rings (SSSR count). The minimum atomic E-state index is -0.375. The number of aliphatic hydroxyl groups excluding tert-OH is 1. The highest BCUT2D eigenvalue weighted by Gasteiger charge is 2.23. The summed E-state index contributed by atoms with van der Waals surface area (Å²) in [5.74, 6) is 0.560. The number of hydrogen-bond donors (Lipinski definition) is 1. The number of hydrogen-bond acceptors (Lipinski definition) is 1. The Morgan fingerprint density at radius 1 is 1.22 bits per heavy atom. The first-order valence-electron chi connectivity index (χ1n) is 6.55. The molecule has 0 bridgehead atoms. The van der Waals surface area contributed by atoms with Gasteiger partial charge in [-0.1, -0.05) is 42.8 Å². The molecule has 2 unspecified atom stereocenters. The Labute approximate surface area is 112 Å². The van der Waals surface area contributed by atoms with Crippen molar-refractivity contribution >= 4 is 22.4 Å². The topological polar surface area (TPSA) is 20.2 Å². The number of benzene rings is 2. The Balaban J connectivity index is 2.28. The average Bonchev–Trinajstić information content (AvgIpc) is 2.50. The summed E-state index contributed by atoms with van der Waals surface area (Å²) in [6, 6.07) is 10.2. The fourth-order valence-corrected chi connectivity index (χ4v) is 3.29. The van der Waals surface area contributed by atoms with Crippen molar-refractivity contribution in [2.75, 3.05) is 0 Å². The van der Waals surface area contributed by atoms with E-state index in [2.05, 4.69) is 19.1 Å². The summed E-state index contributed by atoms with van der Waals surface area (Å²) < 4.78 is 0. The summed E-state index contributed by atoms with van der Waals surface area (Å²) >= 11 is 6.34. The van der Waals surface area contributed by atoms with E-state index in [1.807, 2.05) is 18.2 Å². The molecule has 0 saturated carbocycles. The molecule has 1 nitrogen and oxygen atoms in total. The van der Waals surface area contributed by atoms with Gasteiger partial charge in [-0.3, -0.25) is 0 Å². The van der Waals surface area contributed by atoms with Crippen molar-refractivity contribution in [2.45, 2.75) is 32.3 Å². The van der Waals surface area contributed by atoms with Gasteiger partial charge in [-0.2, -0.15) is 0 Å². The predicted molar refractivity (Wildman–Crippen MR) is 76.0 cm³/mol. The Morgan fingerprint density at radius 2 is 1.94 bits per heavy atom. The van der Waals surface area contributed by atoms with Crippen LogP contribution >= 0.6 is 11.6 Å². The van der Waals surface area contributed by atoms with Crippen LogP contribution in [0.25, 0.3) is 10.8 Å². The van der Waals surface area contributed by atoms with Gasteiger partial charge in [0.2, 0.25) is 0 Å². The van der Waals surface area contributed by atoms with E-state index in [1.54, 1.807) is 0 Å². The van der Waals surface area contributed by atoms with Gasteiger partial charge in [0.15, 0.2) is 0 Å². The molecule has 2 aromatic rings. The molecule has 2 aromatic carbocycles. The van der Waals surface area contributed by atoms with Crippen LogP contribution in [-0.4, -0.2) is 5.11 Å². The minimum Gasteiger partial charge on any atom is -0.388 e. The van der Waals surface area contributed by atoms with Crippen molar-refractivity contribution < 1.29 is 5.11 Å². The van der Waals surface area contributed by atoms with E-state index in [1.165, 1.54) is 10.9 Å². The van der Waals surface area contributed by atoms with Crippen molar-refractivity contribution in [3.8, 4) is 0 Å². The Hall–Kier alpha value is -1.05. The van der Waals surface area contributed by atoms with Crippen LogP contribution in [-0.2, 0) is 6.42 Å². The van der Waals surface area contributed by atoms with Crippen molar-refractivity contribution in [3.63, 3.8) is 0 Å². The number of fused-ring (bicyclic) bond motifs is 3. The molecule has 2 heteroatoms. The van der Waals surface area contributed by atoms with E-state index in [4.69, 9.17) is 11.6 Å². The number of aliphatic hydroxyl groups is 1. The van der Waals surface area contributed by atoms with Gasteiger partial charge >= 0.3 is 0 Å². The molecule has 0 heterocycles. The Morgan fingerprint density at radius 3 is 2.72 bits per heavy atom. The molecule has 2 atom stereocenters. The lowest BCUT2D eigenvalue weighted by atomic mass is 9.94. The summed E-state index contributed by atoms with van der Waals surface area (Å²) in [6.45, 7) is 2.21. The molecule has 0 aromatic heterocycles. The van der Waals surface area contributed by atoms with E-state index in [0.29, 0.717) is 5.92 Å². The SMILES string of the molecule is CC1CCc2c(cc(Cl)c3ccccc23)C(O)C1. The second-order valence-corrected chi connectivity index (χ2v) is 5.77. The standard InChI is InChI=1S/C16H17ClO/c1-10-6-7-12-11-4-2-3-5-13(11)15(17)9-14(12)16(18)8-10/h2-5,9-10,16,18H,6-8H2,1H3. The fourth-order valence-electron chi connectivity index (χ4n) is 3.00. The second-order valence-electron chi connectivity index (χ2n) is 5.37.